The molecule has 2 aliphatic rings. The van der Waals surface area contributed by atoms with Crippen LogP contribution in [0.2, 0.25) is 0 Å². The van der Waals surface area contributed by atoms with Gasteiger partial charge in [-0.25, -0.2) is 9.18 Å². The Bertz CT molecular complexity index is 1240. The van der Waals surface area contributed by atoms with E-state index in [2.05, 4.69) is 0 Å². The predicted octanol–water partition coefficient (Wildman–Crippen LogP) is 2.83. The third-order valence-electron chi connectivity index (χ3n) is 6.05. The number of ether oxygens (including phenoxy) is 2. The summed E-state index contributed by atoms with van der Waals surface area (Å²) in [7, 11) is 3.06. The zero-order chi connectivity index (χ0) is 26.7. The Kier molecular flexibility index (Phi) is 7.57. The predicted molar refractivity (Wildman–Crippen MR) is 135 cm³/mol. The molecule has 196 valence electrons. The van der Waals surface area contributed by atoms with Crippen molar-refractivity contribution in [3.05, 3.63) is 58.1 Å². The third-order valence-corrected chi connectivity index (χ3v) is 6.50. The fraction of sp³-hybridized carbons (Fsp3) is 0.348. The molecule has 14 heteroatoms. The minimum absolute atomic E-state index is 0.150. The Morgan fingerprint density at radius 3 is 2.62 bits per heavy atom. The summed E-state index contributed by atoms with van der Waals surface area (Å²) < 4.78 is 30.4. The molecule has 1 aromatic heterocycles. The number of anilines is 2. The molecular weight excluding hydrogens is 509 g/mol. The van der Waals surface area contributed by atoms with Gasteiger partial charge in [0.2, 0.25) is 5.91 Å². The molecule has 1 atom stereocenters. The smallest absolute Gasteiger partial charge is 0.433 e. The average molecular weight is 534 g/mol. The number of hydrogen-bond donors (Lipinski definition) is 0. The number of rotatable bonds is 6. The molecule has 0 N–H and O–H groups in total. The standard InChI is InChI=1S/C23H24FN5O7S/c1-25(23(37)34-2)21-14-28(22(31)36-21)15-3-6-18(17(24)13-15)26-9-11-27(12-10-26)19(30)7-4-16-5-8-20(35-16)29(32)33/h3-8,13,21H,9-12,14H2,1-2H3/b7-4+. The van der Waals surface area contributed by atoms with Gasteiger partial charge in [-0.1, -0.05) is 0 Å². The number of nitro groups is 1. The molecule has 0 radical (unpaired) electrons. The van der Waals surface area contributed by atoms with Crippen LogP contribution < -0.4 is 9.80 Å². The monoisotopic (exact) mass is 533 g/mol. The van der Waals surface area contributed by atoms with Gasteiger partial charge in [0, 0.05) is 39.3 Å². The highest BCUT2D eigenvalue weighted by molar-refractivity contribution is 7.80. The van der Waals surface area contributed by atoms with Crippen molar-refractivity contribution in [2.75, 3.05) is 56.7 Å². The molecule has 37 heavy (non-hydrogen) atoms. The Morgan fingerprint density at radius 1 is 1.27 bits per heavy atom. The van der Waals surface area contributed by atoms with Crippen molar-refractivity contribution in [1.82, 2.24) is 9.80 Å². The lowest BCUT2D eigenvalue weighted by atomic mass is 10.2. The van der Waals surface area contributed by atoms with Crippen LogP contribution in [0.25, 0.3) is 6.08 Å². The maximum Gasteiger partial charge on any atom is 0.433 e. The molecule has 2 fully saturated rings. The molecule has 12 nitrogen and oxygen atoms in total. The normalized spacial score (nSPS) is 17.8. The van der Waals surface area contributed by atoms with Crippen LogP contribution >= 0.6 is 12.2 Å². The second-order valence-corrected chi connectivity index (χ2v) is 8.59. The Balaban J connectivity index is 1.34. The lowest BCUT2D eigenvalue weighted by Gasteiger charge is -2.36. The average Bonchev–Trinajstić information content (AvgIpc) is 3.53. The lowest BCUT2D eigenvalue weighted by molar-refractivity contribution is -0.402. The van der Waals surface area contributed by atoms with Gasteiger partial charge < -0.3 is 23.7 Å². The van der Waals surface area contributed by atoms with E-state index in [1.54, 1.807) is 24.1 Å². The molecular formula is C23H24FN5O7S. The van der Waals surface area contributed by atoms with E-state index in [1.807, 2.05) is 4.90 Å². The van der Waals surface area contributed by atoms with Gasteiger partial charge >= 0.3 is 12.0 Å². The van der Waals surface area contributed by atoms with E-state index in [1.165, 1.54) is 47.3 Å². The minimum atomic E-state index is -0.662. The molecule has 2 saturated heterocycles. The van der Waals surface area contributed by atoms with Gasteiger partial charge in [0.05, 0.1) is 31.1 Å². The molecule has 0 spiro atoms. The topological polar surface area (TPSA) is 122 Å². The zero-order valence-electron chi connectivity index (χ0n) is 20.0. The summed E-state index contributed by atoms with van der Waals surface area (Å²) in [5.74, 6) is -0.997. The second-order valence-electron chi connectivity index (χ2n) is 8.24. The third kappa shape index (κ3) is 5.63. The fourth-order valence-electron chi connectivity index (χ4n) is 4.00. The van der Waals surface area contributed by atoms with Crippen LogP contribution in [0, 0.1) is 15.9 Å². The van der Waals surface area contributed by atoms with E-state index in [0.29, 0.717) is 37.6 Å². The highest BCUT2D eigenvalue weighted by Gasteiger charge is 2.36. The number of benzene rings is 1. The molecule has 2 aliphatic heterocycles. The quantitative estimate of drug-likeness (QED) is 0.237. The highest BCUT2D eigenvalue weighted by Crippen LogP contribution is 2.29. The van der Waals surface area contributed by atoms with Gasteiger partial charge in [0.25, 0.3) is 5.17 Å². The Morgan fingerprint density at radius 2 is 2.00 bits per heavy atom. The van der Waals surface area contributed by atoms with E-state index in [-0.39, 0.29) is 23.4 Å². The number of cyclic esters (lactones) is 1. The van der Waals surface area contributed by atoms with E-state index in [0.717, 1.165) is 0 Å². The molecule has 2 aromatic rings. The number of amides is 2. The number of carbonyl (C=O) groups is 2. The second kappa shape index (κ2) is 10.8. The summed E-state index contributed by atoms with van der Waals surface area (Å²) in [6.07, 6.45) is 1.37. The van der Waals surface area contributed by atoms with Crippen molar-refractivity contribution >= 4 is 52.7 Å². The first kappa shape index (κ1) is 25.9. The number of methoxy groups -OCH3 is 1. The number of piperazine rings is 1. The highest BCUT2D eigenvalue weighted by atomic mass is 32.1. The van der Waals surface area contributed by atoms with Gasteiger partial charge in [0.1, 0.15) is 16.5 Å². The number of carbonyl (C=O) groups excluding carboxylic acids is 2. The Labute approximate surface area is 216 Å². The summed E-state index contributed by atoms with van der Waals surface area (Å²) in [6.45, 7) is 1.66. The largest absolute Gasteiger partial charge is 0.474 e. The van der Waals surface area contributed by atoms with E-state index in [4.69, 9.17) is 26.1 Å². The number of furan rings is 1. The van der Waals surface area contributed by atoms with Crippen molar-refractivity contribution in [2.24, 2.45) is 0 Å². The van der Waals surface area contributed by atoms with Crippen LogP contribution in [0.4, 0.5) is 26.4 Å². The molecule has 1 aromatic carbocycles. The summed E-state index contributed by atoms with van der Waals surface area (Å²) in [6, 6.07) is 7.12. The molecule has 0 aliphatic carbocycles. The van der Waals surface area contributed by atoms with Gasteiger partial charge in [-0.3, -0.25) is 24.7 Å². The van der Waals surface area contributed by atoms with Crippen LogP contribution in [-0.2, 0) is 14.3 Å². The molecule has 1 unspecified atom stereocenters. The first-order valence-corrected chi connectivity index (χ1v) is 11.6. The first-order valence-electron chi connectivity index (χ1n) is 11.2. The first-order chi connectivity index (χ1) is 17.7. The zero-order valence-corrected chi connectivity index (χ0v) is 20.9. The van der Waals surface area contributed by atoms with Gasteiger partial charge in [-0.05, 0) is 42.6 Å². The maximum atomic E-state index is 15.1. The maximum absolute atomic E-state index is 15.1. The number of likely N-dealkylation sites (N-methyl/N-ethyl adjacent to an activating group) is 1. The van der Waals surface area contributed by atoms with E-state index >= 15 is 4.39 Å². The number of halogens is 1. The summed E-state index contributed by atoms with van der Waals surface area (Å²) in [4.78, 5) is 41.1. The van der Waals surface area contributed by atoms with E-state index in [9.17, 15) is 19.7 Å². The van der Waals surface area contributed by atoms with Crippen molar-refractivity contribution in [2.45, 2.75) is 6.23 Å². The number of nitrogens with zero attached hydrogens (tertiary/aromatic N) is 5. The number of thiocarbonyl (C=S) groups is 1. The van der Waals surface area contributed by atoms with Crippen LogP contribution in [0.5, 0.6) is 0 Å². The molecule has 2 amide bonds. The number of hydrogen-bond acceptors (Lipinski definition) is 9. The van der Waals surface area contributed by atoms with Crippen LogP contribution in [0.3, 0.4) is 0 Å². The lowest BCUT2D eigenvalue weighted by Crippen LogP contribution is -2.48. The van der Waals surface area contributed by atoms with E-state index < -0.39 is 28.9 Å². The Hall–Kier alpha value is -4.20. The summed E-state index contributed by atoms with van der Waals surface area (Å²) in [5, 5.41) is 10.9. The van der Waals surface area contributed by atoms with Crippen molar-refractivity contribution in [3.63, 3.8) is 0 Å². The van der Waals surface area contributed by atoms with Gasteiger partial charge in [-0.15, -0.1) is 0 Å². The SMILES string of the molecule is COC(=S)N(C)C1CN(c2ccc(N3CCN(C(=O)/C=C/c4ccc([N+](=O)[O-])o4)CC3)c(F)c2)C(=O)O1. The van der Waals surface area contributed by atoms with Gasteiger partial charge in [-0.2, -0.15) is 0 Å². The molecule has 0 bridgehead atoms. The fourth-order valence-corrected chi connectivity index (χ4v) is 4.12. The van der Waals surface area contributed by atoms with Gasteiger partial charge in [0.15, 0.2) is 6.23 Å². The molecule has 4 rings (SSSR count). The van der Waals surface area contributed by atoms with Crippen LogP contribution in [-0.4, -0.2) is 85.0 Å². The minimum Gasteiger partial charge on any atom is -0.474 e. The van der Waals surface area contributed by atoms with Crippen molar-refractivity contribution < 1.29 is 32.8 Å². The van der Waals surface area contributed by atoms with Crippen molar-refractivity contribution in [1.29, 1.82) is 0 Å². The van der Waals surface area contributed by atoms with Crippen molar-refractivity contribution in [3.8, 4) is 0 Å². The summed E-state index contributed by atoms with van der Waals surface area (Å²) in [5.41, 5.74) is 0.707. The van der Waals surface area contributed by atoms with Crippen LogP contribution in [0.1, 0.15) is 5.76 Å². The summed E-state index contributed by atoms with van der Waals surface area (Å²) >= 11 is 5.06. The molecule has 3 heterocycles. The van der Waals surface area contributed by atoms with Crippen LogP contribution in [0.15, 0.2) is 40.8 Å². The molecule has 0 saturated carbocycles.